The zero-order chi connectivity index (χ0) is 14.4. The van der Waals surface area contributed by atoms with Gasteiger partial charge in [0.25, 0.3) is 0 Å². The maximum Gasteiger partial charge on any atom is 0.180 e. The van der Waals surface area contributed by atoms with E-state index in [1.165, 1.54) is 13.3 Å². The van der Waals surface area contributed by atoms with E-state index in [1.807, 2.05) is 12.1 Å². The van der Waals surface area contributed by atoms with Crippen molar-refractivity contribution >= 4 is 17.8 Å². The van der Waals surface area contributed by atoms with E-state index in [4.69, 9.17) is 26.3 Å². The Morgan fingerprint density at radius 3 is 2.95 bits per heavy atom. The Bertz CT molecular complexity index is 603. The number of rotatable bonds is 5. The van der Waals surface area contributed by atoms with Crippen molar-refractivity contribution in [2.75, 3.05) is 7.11 Å². The Morgan fingerprint density at radius 2 is 2.30 bits per heavy atom. The lowest BCUT2D eigenvalue weighted by molar-refractivity contribution is 0.284. The van der Waals surface area contributed by atoms with E-state index in [9.17, 15) is 0 Å². The van der Waals surface area contributed by atoms with Crippen molar-refractivity contribution in [3.63, 3.8) is 0 Å². The van der Waals surface area contributed by atoms with E-state index in [2.05, 4.69) is 10.1 Å². The molecule has 0 unspecified atom stereocenters. The van der Waals surface area contributed by atoms with Crippen LogP contribution in [0.3, 0.4) is 0 Å². The minimum Gasteiger partial charge on any atom is -0.493 e. The molecule has 5 nitrogen and oxygen atoms in total. The second-order valence-electron chi connectivity index (χ2n) is 3.93. The second-order valence-corrected chi connectivity index (χ2v) is 4.34. The molecule has 0 aliphatic carbocycles. The molecule has 0 aliphatic rings. The molecule has 1 aromatic heterocycles. The molecular formula is C14H13ClN2O3. The first-order valence-electron chi connectivity index (χ1n) is 5.81. The third kappa shape index (κ3) is 3.39. The predicted molar refractivity (Wildman–Crippen MR) is 76.0 cm³/mol. The summed E-state index contributed by atoms with van der Waals surface area (Å²) in [4.78, 5) is 4.01. The zero-order valence-electron chi connectivity index (χ0n) is 10.8. The average molecular weight is 293 g/mol. The summed E-state index contributed by atoms with van der Waals surface area (Å²) in [6, 6.07) is 7.03. The monoisotopic (exact) mass is 292 g/mol. The quantitative estimate of drug-likeness (QED) is 0.522. The average Bonchev–Trinajstić information content (AvgIpc) is 2.47. The maximum atomic E-state index is 8.54. The summed E-state index contributed by atoms with van der Waals surface area (Å²) in [5.74, 6) is 0.907. The molecule has 0 bridgehead atoms. The number of benzene rings is 1. The number of nitrogens with zero attached hydrogens (tertiary/aromatic N) is 2. The highest BCUT2D eigenvalue weighted by Crippen LogP contribution is 2.36. The summed E-state index contributed by atoms with van der Waals surface area (Å²) in [7, 11) is 1.52. The third-order valence-corrected chi connectivity index (χ3v) is 2.85. The summed E-state index contributed by atoms with van der Waals surface area (Å²) < 4.78 is 10.9. The zero-order valence-corrected chi connectivity index (χ0v) is 11.5. The van der Waals surface area contributed by atoms with Crippen LogP contribution in [0.15, 0.2) is 41.8 Å². The minimum absolute atomic E-state index is 0.331. The normalized spacial score (nSPS) is 10.7. The molecule has 0 atom stereocenters. The first-order chi connectivity index (χ1) is 9.74. The van der Waals surface area contributed by atoms with Crippen molar-refractivity contribution in [1.29, 1.82) is 0 Å². The Kier molecular flexibility index (Phi) is 4.79. The summed E-state index contributed by atoms with van der Waals surface area (Å²) in [5, 5.41) is 11.9. The maximum absolute atomic E-state index is 8.54. The van der Waals surface area contributed by atoms with Gasteiger partial charge in [-0.05, 0) is 18.2 Å². The van der Waals surface area contributed by atoms with Gasteiger partial charge in [-0.2, -0.15) is 0 Å². The van der Waals surface area contributed by atoms with Gasteiger partial charge in [0.2, 0.25) is 0 Å². The highest BCUT2D eigenvalue weighted by Gasteiger charge is 2.11. The molecule has 0 fully saturated rings. The van der Waals surface area contributed by atoms with Gasteiger partial charge in [0.1, 0.15) is 6.61 Å². The fourth-order valence-corrected chi connectivity index (χ4v) is 1.93. The van der Waals surface area contributed by atoms with Crippen LogP contribution in [0.1, 0.15) is 11.1 Å². The highest BCUT2D eigenvalue weighted by atomic mass is 35.5. The Labute approximate surface area is 121 Å². The lowest BCUT2D eigenvalue weighted by Crippen LogP contribution is -1.99. The number of aromatic nitrogens is 1. The van der Waals surface area contributed by atoms with E-state index < -0.39 is 0 Å². The standard InChI is InChI=1S/C14H13ClN2O3/c1-19-13-6-11(8-17-18)5-12(15)14(13)20-9-10-3-2-4-16-7-10/h2-8,18H,9H2,1H3/b17-8-. The van der Waals surface area contributed by atoms with E-state index >= 15 is 0 Å². The largest absolute Gasteiger partial charge is 0.493 e. The van der Waals surface area contributed by atoms with Crippen LogP contribution in [0.4, 0.5) is 0 Å². The van der Waals surface area contributed by atoms with E-state index in [1.54, 1.807) is 24.5 Å². The number of methoxy groups -OCH3 is 1. The molecule has 0 spiro atoms. The number of oxime groups is 1. The van der Waals surface area contributed by atoms with Crippen molar-refractivity contribution in [2.24, 2.45) is 5.16 Å². The first-order valence-corrected chi connectivity index (χ1v) is 6.19. The van der Waals surface area contributed by atoms with Crippen LogP contribution in [-0.4, -0.2) is 23.5 Å². The molecule has 1 N–H and O–H groups in total. The Morgan fingerprint density at radius 1 is 1.45 bits per heavy atom. The molecule has 2 aromatic rings. The van der Waals surface area contributed by atoms with Crippen molar-refractivity contribution in [1.82, 2.24) is 4.98 Å². The van der Waals surface area contributed by atoms with Crippen molar-refractivity contribution in [3.05, 3.63) is 52.8 Å². The number of pyridine rings is 1. The molecule has 20 heavy (non-hydrogen) atoms. The van der Waals surface area contributed by atoms with Gasteiger partial charge in [-0.1, -0.05) is 22.8 Å². The number of hydrogen-bond acceptors (Lipinski definition) is 5. The summed E-state index contributed by atoms with van der Waals surface area (Å²) in [6.45, 7) is 0.331. The van der Waals surface area contributed by atoms with Gasteiger partial charge in [0, 0.05) is 23.5 Å². The summed E-state index contributed by atoms with van der Waals surface area (Å²) >= 11 is 6.15. The predicted octanol–water partition coefficient (Wildman–Crippen LogP) is 3.13. The van der Waals surface area contributed by atoms with Crippen LogP contribution >= 0.6 is 11.6 Å². The lowest BCUT2D eigenvalue weighted by atomic mass is 10.2. The number of ether oxygens (including phenoxy) is 2. The van der Waals surface area contributed by atoms with Crippen LogP contribution < -0.4 is 9.47 Å². The molecule has 0 aliphatic heterocycles. The molecule has 6 heteroatoms. The smallest absolute Gasteiger partial charge is 0.180 e. The molecule has 0 saturated carbocycles. The second kappa shape index (κ2) is 6.77. The van der Waals surface area contributed by atoms with Gasteiger partial charge in [-0.3, -0.25) is 4.98 Å². The molecular weight excluding hydrogens is 280 g/mol. The molecule has 2 rings (SSSR count). The van der Waals surface area contributed by atoms with E-state index in [0.717, 1.165) is 5.56 Å². The van der Waals surface area contributed by atoms with Gasteiger partial charge in [-0.25, -0.2) is 0 Å². The van der Waals surface area contributed by atoms with Crippen LogP contribution in [-0.2, 0) is 6.61 Å². The van der Waals surface area contributed by atoms with Crippen molar-refractivity contribution in [3.8, 4) is 11.5 Å². The molecule has 1 heterocycles. The highest BCUT2D eigenvalue weighted by molar-refractivity contribution is 6.32. The third-order valence-electron chi connectivity index (χ3n) is 2.56. The minimum atomic E-state index is 0.331. The topological polar surface area (TPSA) is 63.9 Å². The number of hydrogen-bond donors (Lipinski definition) is 1. The van der Waals surface area contributed by atoms with Gasteiger partial charge >= 0.3 is 0 Å². The summed E-state index contributed by atoms with van der Waals surface area (Å²) in [5.41, 5.74) is 1.54. The van der Waals surface area contributed by atoms with Crippen LogP contribution in [0, 0.1) is 0 Å². The first kappa shape index (κ1) is 14.1. The molecule has 0 amide bonds. The number of halogens is 1. The fourth-order valence-electron chi connectivity index (χ4n) is 1.66. The lowest BCUT2D eigenvalue weighted by Gasteiger charge is -2.13. The Balaban J connectivity index is 2.22. The molecule has 104 valence electrons. The van der Waals surface area contributed by atoms with Gasteiger partial charge in [-0.15, -0.1) is 0 Å². The molecule has 0 saturated heterocycles. The summed E-state index contributed by atoms with van der Waals surface area (Å²) in [6.07, 6.45) is 4.67. The van der Waals surface area contributed by atoms with Crippen LogP contribution in [0.25, 0.3) is 0 Å². The Hall–Kier alpha value is -2.27. The van der Waals surface area contributed by atoms with Gasteiger partial charge in [0.15, 0.2) is 11.5 Å². The van der Waals surface area contributed by atoms with Gasteiger partial charge < -0.3 is 14.7 Å². The van der Waals surface area contributed by atoms with Crippen molar-refractivity contribution < 1.29 is 14.7 Å². The van der Waals surface area contributed by atoms with E-state index in [0.29, 0.717) is 28.7 Å². The van der Waals surface area contributed by atoms with Crippen LogP contribution in [0.2, 0.25) is 5.02 Å². The SMILES string of the molecule is COc1cc(/C=N\O)cc(Cl)c1OCc1cccnc1. The molecule has 0 radical (unpaired) electrons. The van der Waals surface area contributed by atoms with Crippen LogP contribution in [0.5, 0.6) is 11.5 Å². The molecule has 1 aromatic carbocycles. The fraction of sp³-hybridized carbons (Fsp3) is 0.143. The van der Waals surface area contributed by atoms with Crippen molar-refractivity contribution in [2.45, 2.75) is 6.61 Å². The van der Waals surface area contributed by atoms with E-state index in [-0.39, 0.29) is 0 Å². The van der Waals surface area contributed by atoms with Gasteiger partial charge in [0.05, 0.1) is 18.3 Å².